The van der Waals surface area contributed by atoms with Crippen LogP contribution in [0.2, 0.25) is 0 Å². The number of carboxylic acid groups (broad SMARTS) is 1. The van der Waals surface area contributed by atoms with Crippen LogP contribution in [-0.2, 0) is 37.2 Å². The summed E-state index contributed by atoms with van der Waals surface area (Å²) in [4.78, 5) is 88.9. The van der Waals surface area contributed by atoms with Crippen LogP contribution in [-0.4, -0.2) is 112 Å². The number of phenolic OH excluding ortho intramolecular Hbond substituents is 2. The molecule has 2 amide bonds. The molecule has 294 valence electrons. The van der Waals surface area contributed by atoms with E-state index in [9.17, 15) is 44.4 Å². The SMILES string of the molecule is Cc1cc(SCC2=C(C(=O)O)N3C(=O)[C@@H](NC(=O)C(=NOCc4ncc(O)c(=O)[nH]4)c4csc(N)n4)[C@H]3SC2)n2nc(COC(=O)c3ccc(O)c(O)c3)nc2n1. The largest absolute Gasteiger partial charge is 0.504 e. The number of nitrogens with two attached hydrogens (primary N) is 1. The minimum atomic E-state index is -1.34. The minimum Gasteiger partial charge on any atom is -0.504 e. The van der Waals surface area contributed by atoms with Crippen molar-refractivity contribution in [2.24, 2.45) is 5.16 Å². The van der Waals surface area contributed by atoms with Gasteiger partial charge in [0, 0.05) is 22.6 Å². The van der Waals surface area contributed by atoms with Gasteiger partial charge in [0.05, 0.1) is 11.8 Å². The van der Waals surface area contributed by atoms with Crippen LogP contribution in [0.5, 0.6) is 17.2 Å². The first-order chi connectivity index (χ1) is 27.3. The Labute approximate surface area is 330 Å². The second kappa shape index (κ2) is 15.8. The summed E-state index contributed by atoms with van der Waals surface area (Å²) in [6.07, 6.45) is 0.918. The molecule has 25 heteroatoms. The molecule has 1 saturated heterocycles. The van der Waals surface area contributed by atoms with Crippen molar-refractivity contribution >= 4 is 75.2 Å². The van der Waals surface area contributed by atoms with Gasteiger partial charge in [0.2, 0.25) is 0 Å². The number of carbonyl (C=O) groups excluding carboxylic acids is 3. The summed E-state index contributed by atoms with van der Waals surface area (Å²) >= 11 is 3.48. The lowest BCUT2D eigenvalue weighted by Crippen LogP contribution is -2.71. The van der Waals surface area contributed by atoms with Crippen LogP contribution in [0.3, 0.4) is 0 Å². The molecule has 0 aliphatic carbocycles. The number of amides is 2. The number of β-lactam (4-membered cyclic amide) rings is 1. The zero-order valence-corrected chi connectivity index (χ0v) is 31.4. The van der Waals surface area contributed by atoms with Crippen molar-refractivity contribution in [2.75, 3.05) is 17.2 Å². The monoisotopic (exact) mass is 837 g/mol. The fourth-order valence-electron chi connectivity index (χ4n) is 5.45. The normalized spacial score (nSPS) is 16.6. The Morgan fingerprint density at radius 1 is 1.11 bits per heavy atom. The number of oxime groups is 1. The van der Waals surface area contributed by atoms with Gasteiger partial charge in [0.1, 0.15) is 33.7 Å². The Kier molecular flexibility index (Phi) is 10.7. The Morgan fingerprint density at radius 3 is 2.63 bits per heavy atom. The number of anilines is 1. The Hall–Kier alpha value is -6.73. The molecule has 2 aliphatic rings. The molecule has 0 radical (unpaired) electrons. The summed E-state index contributed by atoms with van der Waals surface area (Å²) < 4.78 is 6.68. The van der Waals surface area contributed by atoms with Crippen LogP contribution >= 0.6 is 34.9 Å². The predicted molar refractivity (Wildman–Crippen MR) is 199 cm³/mol. The van der Waals surface area contributed by atoms with Crippen molar-refractivity contribution in [3.63, 3.8) is 0 Å². The molecule has 1 aromatic carbocycles. The lowest BCUT2D eigenvalue weighted by atomic mass is 10.0. The highest BCUT2D eigenvalue weighted by Crippen LogP contribution is 2.41. The zero-order chi connectivity index (χ0) is 40.5. The third kappa shape index (κ3) is 8.01. The lowest BCUT2D eigenvalue weighted by Gasteiger charge is -2.49. The maximum absolute atomic E-state index is 13.5. The fraction of sp³-hybridized carbons (Fsp3) is 0.219. The van der Waals surface area contributed by atoms with Crippen molar-refractivity contribution in [3.05, 3.63) is 86.1 Å². The zero-order valence-electron chi connectivity index (χ0n) is 29.0. The molecule has 0 unspecified atom stereocenters. The number of hydrogen-bond donors (Lipinski definition) is 7. The van der Waals surface area contributed by atoms with Crippen LogP contribution in [0.1, 0.15) is 33.4 Å². The first-order valence-corrected chi connectivity index (χ1v) is 19.1. The number of aliphatic carboxylic acids is 1. The van der Waals surface area contributed by atoms with Crippen molar-refractivity contribution < 1.29 is 49.2 Å². The number of fused-ring (bicyclic) bond motifs is 2. The topological polar surface area (TPSA) is 323 Å². The average molecular weight is 838 g/mol. The molecule has 5 aromatic rings. The number of ether oxygens (including phenoxy) is 1. The number of nitrogens with zero attached hydrogens (tertiary/aromatic N) is 8. The Morgan fingerprint density at radius 2 is 1.91 bits per heavy atom. The molecule has 2 atom stereocenters. The number of hydrogen-bond acceptors (Lipinski definition) is 20. The molecule has 0 spiro atoms. The van der Waals surface area contributed by atoms with E-state index in [2.05, 4.69) is 40.5 Å². The van der Waals surface area contributed by atoms with E-state index in [0.29, 0.717) is 16.3 Å². The van der Waals surface area contributed by atoms with E-state index >= 15 is 0 Å². The molecule has 1 fully saturated rings. The number of aromatic amines is 1. The van der Waals surface area contributed by atoms with Gasteiger partial charge in [0.25, 0.3) is 23.2 Å². The molecule has 2 aliphatic heterocycles. The number of thioether (sulfide) groups is 2. The van der Waals surface area contributed by atoms with Gasteiger partial charge in [-0.2, -0.15) is 9.50 Å². The number of phenols is 2. The summed E-state index contributed by atoms with van der Waals surface area (Å²) in [5.74, 6) is -4.56. The van der Waals surface area contributed by atoms with Gasteiger partial charge in [0.15, 0.2) is 47.1 Å². The fourth-order valence-corrected chi connectivity index (χ4v) is 8.53. The number of nitrogen functional groups attached to an aromatic ring is 1. The van der Waals surface area contributed by atoms with E-state index in [1.165, 1.54) is 39.5 Å². The molecule has 4 aromatic heterocycles. The quantitative estimate of drug-likeness (QED) is 0.0161. The van der Waals surface area contributed by atoms with E-state index in [1.807, 2.05) is 0 Å². The van der Waals surface area contributed by atoms with Crippen LogP contribution in [0.15, 0.2) is 62.1 Å². The number of aromatic nitrogens is 7. The van der Waals surface area contributed by atoms with Crippen LogP contribution < -0.4 is 16.6 Å². The molecule has 7 rings (SSSR count). The van der Waals surface area contributed by atoms with E-state index in [4.69, 9.17) is 15.3 Å². The van der Waals surface area contributed by atoms with E-state index in [-0.39, 0.29) is 63.3 Å². The second-order valence-corrected chi connectivity index (χ2v) is 15.0. The van der Waals surface area contributed by atoms with Crippen molar-refractivity contribution in [1.82, 2.24) is 44.8 Å². The summed E-state index contributed by atoms with van der Waals surface area (Å²) in [7, 11) is 0. The van der Waals surface area contributed by atoms with Crippen LogP contribution in [0.25, 0.3) is 5.78 Å². The summed E-state index contributed by atoms with van der Waals surface area (Å²) in [5.41, 5.74) is 5.39. The smallest absolute Gasteiger partial charge is 0.352 e. The molecular weight excluding hydrogens is 811 g/mol. The Bertz CT molecular complexity index is 2590. The van der Waals surface area contributed by atoms with Gasteiger partial charge in [-0.3, -0.25) is 19.3 Å². The number of rotatable bonds is 13. The van der Waals surface area contributed by atoms with Gasteiger partial charge in [-0.25, -0.2) is 24.5 Å². The van der Waals surface area contributed by atoms with E-state index in [1.54, 1.807) is 13.0 Å². The number of aryl methyl sites for hydroxylation is 1. The number of carboxylic acids is 1. The lowest BCUT2D eigenvalue weighted by molar-refractivity contribution is -0.150. The molecule has 0 saturated carbocycles. The summed E-state index contributed by atoms with van der Waals surface area (Å²) in [6.45, 7) is 0.985. The number of carbonyl (C=O) groups is 4. The van der Waals surface area contributed by atoms with Crippen LogP contribution in [0, 0.1) is 6.92 Å². The highest BCUT2D eigenvalue weighted by molar-refractivity contribution is 8.01. The number of esters is 1. The van der Waals surface area contributed by atoms with Crippen molar-refractivity contribution in [2.45, 2.75) is 36.6 Å². The van der Waals surface area contributed by atoms with E-state index < -0.39 is 64.6 Å². The molecule has 8 N–H and O–H groups in total. The standard InChI is InChI=1S/C32H27N11O11S3/c1-12-4-21(43-32(35-12)38-20(40-43)7-53-30(52)13-2-3-16(44)17(45)5-13)55-9-14-10-56-28-23(27(49)42(28)24(14)29(50)51)39-26(48)22(15-11-57-31(33)36-15)41-54-8-19-34-6-18(46)25(47)37-19/h2-6,11,23,28,44-46H,7-10H2,1H3,(H2,33,36)(H,39,48)(H,50,51)(H,34,37,47)/t23-,28-/m1/s1. The molecule has 0 bridgehead atoms. The first kappa shape index (κ1) is 38.5. The van der Waals surface area contributed by atoms with Gasteiger partial charge in [-0.1, -0.05) is 5.16 Å². The highest BCUT2D eigenvalue weighted by atomic mass is 32.2. The average Bonchev–Trinajstić information content (AvgIpc) is 3.80. The molecule has 57 heavy (non-hydrogen) atoms. The number of thiazole rings is 1. The van der Waals surface area contributed by atoms with Crippen LogP contribution in [0.4, 0.5) is 5.13 Å². The summed E-state index contributed by atoms with van der Waals surface area (Å²) in [5, 5.41) is 51.0. The third-order valence-electron chi connectivity index (χ3n) is 8.10. The minimum absolute atomic E-state index is 0.00487. The predicted octanol–water partition coefficient (Wildman–Crippen LogP) is 0.480. The van der Waals surface area contributed by atoms with Crippen molar-refractivity contribution in [3.8, 4) is 17.2 Å². The van der Waals surface area contributed by atoms with Gasteiger partial charge in [-0.15, -0.1) is 40.0 Å². The maximum Gasteiger partial charge on any atom is 0.352 e. The summed E-state index contributed by atoms with van der Waals surface area (Å²) in [6, 6.07) is 4.06. The Balaban J connectivity index is 1.03. The number of H-pyrrole nitrogens is 1. The number of nitrogens with one attached hydrogen (secondary N) is 2. The molecule has 22 nitrogen and oxygen atoms in total. The molecule has 6 heterocycles. The second-order valence-electron chi connectivity index (χ2n) is 12.0. The molecular formula is C32H27N11O11S3. The van der Waals surface area contributed by atoms with E-state index in [0.717, 1.165) is 34.6 Å². The van der Waals surface area contributed by atoms with Gasteiger partial charge >= 0.3 is 11.9 Å². The number of benzene rings is 1. The van der Waals surface area contributed by atoms with Gasteiger partial charge < -0.3 is 46.0 Å². The third-order valence-corrected chi connectivity index (χ3v) is 11.2. The first-order valence-electron chi connectivity index (χ1n) is 16.2. The maximum atomic E-state index is 13.5. The van der Waals surface area contributed by atoms with Crippen molar-refractivity contribution in [1.29, 1.82) is 0 Å². The van der Waals surface area contributed by atoms with Gasteiger partial charge in [-0.05, 0) is 36.8 Å². The highest BCUT2D eigenvalue weighted by Gasteiger charge is 2.54. The number of aromatic hydroxyl groups is 3.